The molecule has 1 atom stereocenters. The molecule has 2 heterocycles. The van der Waals surface area contributed by atoms with Gasteiger partial charge in [0.05, 0.1) is 17.6 Å². The Morgan fingerprint density at radius 1 is 1.36 bits per heavy atom. The van der Waals surface area contributed by atoms with Crippen molar-refractivity contribution in [2.45, 2.75) is 32.4 Å². The first-order chi connectivity index (χ1) is 10.1. The van der Waals surface area contributed by atoms with Gasteiger partial charge in [-0.1, -0.05) is 18.2 Å². The Balaban J connectivity index is 0.00000176. The third kappa shape index (κ3) is 3.31. The molecule has 22 heavy (non-hydrogen) atoms. The molecule has 1 unspecified atom stereocenters. The van der Waals surface area contributed by atoms with Crippen molar-refractivity contribution in [1.82, 2.24) is 14.7 Å². The van der Waals surface area contributed by atoms with Gasteiger partial charge in [0.2, 0.25) is 5.91 Å². The Kier molecular flexibility index (Phi) is 5.21. The highest BCUT2D eigenvalue weighted by atomic mass is 35.5. The van der Waals surface area contributed by atoms with Gasteiger partial charge in [-0.2, -0.15) is 5.10 Å². The minimum atomic E-state index is -0.0917. The van der Waals surface area contributed by atoms with E-state index in [2.05, 4.69) is 5.10 Å². The third-order valence-corrected chi connectivity index (χ3v) is 3.79. The average Bonchev–Trinajstić information content (AvgIpc) is 2.90. The second-order valence-corrected chi connectivity index (χ2v) is 5.61. The molecule has 1 aliphatic rings. The normalized spacial score (nSPS) is 14.9. The molecule has 0 bridgehead atoms. The summed E-state index contributed by atoms with van der Waals surface area (Å²) in [6.07, 6.45) is 3.10. The Morgan fingerprint density at radius 2 is 2.09 bits per heavy atom. The van der Waals surface area contributed by atoms with Crippen LogP contribution in [0.15, 0.2) is 36.5 Å². The number of nitrogens with two attached hydrogens (primary N) is 1. The summed E-state index contributed by atoms with van der Waals surface area (Å²) in [6.45, 7) is 3.23. The van der Waals surface area contributed by atoms with Crippen molar-refractivity contribution in [3.05, 3.63) is 47.8 Å². The van der Waals surface area contributed by atoms with Crippen LogP contribution in [0.3, 0.4) is 0 Å². The molecule has 0 spiro atoms. The number of hydrogen-bond donors (Lipinski definition) is 1. The summed E-state index contributed by atoms with van der Waals surface area (Å²) in [5, 5.41) is 4.48. The lowest BCUT2D eigenvalue weighted by Gasteiger charge is -2.28. The monoisotopic (exact) mass is 320 g/mol. The van der Waals surface area contributed by atoms with E-state index in [0.29, 0.717) is 13.0 Å². The van der Waals surface area contributed by atoms with Gasteiger partial charge in [0.15, 0.2) is 0 Å². The van der Waals surface area contributed by atoms with E-state index in [1.54, 1.807) is 0 Å². The number of carbonyl (C=O) groups is 1. The molecule has 0 saturated carbocycles. The maximum absolute atomic E-state index is 12.1. The first-order valence-corrected chi connectivity index (χ1v) is 7.29. The second-order valence-electron chi connectivity index (χ2n) is 5.61. The molecule has 2 N–H and O–H groups in total. The van der Waals surface area contributed by atoms with Gasteiger partial charge in [0, 0.05) is 37.5 Å². The van der Waals surface area contributed by atoms with Gasteiger partial charge in [0.25, 0.3) is 0 Å². The third-order valence-electron chi connectivity index (χ3n) is 3.79. The van der Waals surface area contributed by atoms with Crippen molar-refractivity contribution >= 4 is 18.3 Å². The smallest absolute Gasteiger partial charge is 0.224 e. The van der Waals surface area contributed by atoms with Crippen molar-refractivity contribution < 1.29 is 4.79 Å². The molecule has 1 aromatic carbocycles. The van der Waals surface area contributed by atoms with E-state index in [9.17, 15) is 4.79 Å². The van der Waals surface area contributed by atoms with Gasteiger partial charge in [0.1, 0.15) is 0 Å². The molecule has 1 aromatic heterocycles. The van der Waals surface area contributed by atoms with E-state index in [4.69, 9.17) is 5.73 Å². The fraction of sp³-hybridized carbons (Fsp3) is 0.375. The van der Waals surface area contributed by atoms with Gasteiger partial charge in [-0.15, -0.1) is 12.4 Å². The van der Waals surface area contributed by atoms with Gasteiger partial charge in [-0.05, 0) is 19.1 Å². The molecule has 6 heteroatoms. The number of rotatable bonds is 3. The van der Waals surface area contributed by atoms with Crippen molar-refractivity contribution in [3.8, 4) is 5.69 Å². The summed E-state index contributed by atoms with van der Waals surface area (Å²) in [5.41, 5.74) is 9.10. The van der Waals surface area contributed by atoms with Crippen LogP contribution in [-0.2, 0) is 17.8 Å². The Bertz CT molecular complexity index is 639. The molecular weight excluding hydrogens is 300 g/mol. The number of benzene rings is 1. The molecule has 1 aliphatic heterocycles. The maximum atomic E-state index is 12.1. The number of halogens is 1. The zero-order valence-corrected chi connectivity index (χ0v) is 13.4. The maximum Gasteiger partial charge on any atom is 0.224 e. The summed E-state index contributed by atoms with van der Waals surface area (Å²) < 4.78 is 1.97. The molecular formula is C16H21ClN4O. The van der Waals surface area contributed by atoms with E-state index in [1.807, 2.05) is 53.0 Å². The van der Waals surface area contributed by atoms with E-state index < -0.39 is 0 Å². The largest absolute Gasteiger partial charge is 0.338 e. The van der Waals surface area contributed by atoms with Crippen LogP contribution in [0.1, 0.15) is 24.6 Å². The molecule has 0 fully saturated rings. The molecule has 3 rings (SSSR count). The summed E-state index contributed by atoms with van der Waals surface area (Å²) in [4.78, 5) is 14.0. The minimum absolute atomic E-state index is 0. The summed E-state index contributed by atoms with van der Waals surface area (Å²) >= 11 is 0. The van der Waals surface area contributed by atoms with Crippen LogP contribution in [0.4, 0.5) is 0 Å². The molecule has 1 amide bonds. The van der Waals surface area contributed by atoms with Crippen molar-refractivity contribution in [1.29, 1.82) is 0 Å². The predicted molar refractivity (Wildman–Crippen MR) is 88.2 cm³/mol. The van der Waals surface area contributed by atoms with E-state index >= 15 is 0 Å². The lowest BCUT2D eigenvalue weighted by Crippen LogP contribution is -2.38. The number of fused-ring (bicyclic) bond motifs is 1. The SMILES string of the molecule is CC(N)CC(=O)N1CCc2c(cnn2-c2ccccc2)C1.Cl. The van der Waals surface area contributed by atoms with Crippen LogP contribution in [0, 0.1) is 0 Å². The lowest BCUT2D eigenvalue weighted by atomic mass is 10.1. The summed E-state index contributed by atoms with van der Waals surface area (Å²) in [5.74, 6) is 0.128. The number of hydrogen-bond acceptors (Lipinski definition) is 3. The molecule has 0 aliphatic carbocycles. The van der Waals surface area contributed by atoms with Crippen LogP contribution in [0.2, 0.25) is 0 Å². The zero-order chi connectivity index (χ0) is 14.8. The summed E-state index contributed by atoms with van der Waals surface area (Å²) in [7, 11) is 0. The van der Waals surface area contributed by atoms with Crippen LogP contribution in [0.5, 0.6) is 0 Å². The first-order valence-electron chi connectivity index (χ1n) is 7.29. The van der Waals surface area contributed by atoms with Crippen LogP contribution < -0.4 is 5.73 Å². The molecule has 118 valence electrons. The van der Waals surface area contributed by atoms with Crippen LogP contribution >= 0.6 is 12.4 Å². The van der Waals surface area contributed by atoms with Gasteiger partial charge >= 0.3 is 0 Å². The van der Waals surface area contributed by atoms with Crippen molar-refractivity contribution in [3.63, 3.8) is 0 Å². The van der Waals surface area contributed by atoms with E-state index in [-0.39, 0.29) is 24.4 Å². The minimum Gasteiger partial charge on any atom is -0.338 e. The highest BCUT2D eigenvalue weighted by molar-refractivity contribution is 5.85. The van der Waals surface area contributed by atoms with Gasteiger partial charge < -0.3 is 10.6 Å². The number of aromatic nitrogens is 2. The fourth-order valence-corrected chi connectivity index (χ4v) is 2.74. The Morgan fingerprint density at radius 3 is 2.77 bits per heavy atom. The Labute approximate surface area is 136 Å². The topological polar surface area (TPSA) is 64.2 Å². The highest BCUT2D eigenvalue weighted by Gasteiger charge is 2.24. The van der Waals surface area contributed by atoms with Crippen molar-refractivity contribution in [2.24, 2.45) is 5.73 Å². The van der Waals surface area contributed by atoms with Gasteiger partial charge in [-0.3, -0.25) is 4.79 Å². The first kappa shape index (κ1) is 16.5. The average molecular weight is 321 g/mol. The van der Waals surface area contributed by atoms with E-state index in [0.717, 1.165) is 24.2 Å². The molecule has 2 aromatic rings. The van der Waals surface area contributed by atoms with Crippen molar-refractivity contribution in [2.75, 3.05) is 6.54 Å². The quantitative estimate of drug-likeness (QED) is 0.939. The molecule has 0 saturated heterocycles. The number of carbonyl (C=O) groups excluding carboxylic acids is 1. The van der Waals surface area contributed by atoms with Crippen LogP contribution in [-0.4, -0.2) is 33.2 Å². The second kappa shape index (κ2) is 6.94. The molecule has 5 nitrogen and oxygen atoms in total. The van der Waals surface area contributed by atoms with E-state index in [1.165, 1.54) is 5.69 Å². The fourth-order valence-electron chi connectivity index (χ4n) is 2.74. The highest BCUT2D eigenvalue weighted by Crippen LogP contribution is 2.22. The standard InChI is InChI=1S/C16H20N4O.ClH/c1-12(17)9-16(21)19-8-7-15-13(11-19)10-18-20(15)14-5-3-2-4-6-14;/h2-6,10,12H,7-9,11,17H2,1H3;1H. The van der Waals surface area contributed by atoms with Crippen LogP contribution in [0.25, 0.3) is 5.69 Å². The predicted octanol–water partition coefficient (Wildman–Crippen LogP) is 1.92. The number of para-hydroxylation sites is 1. The Hall–Kier alpha value is -1.85. The summed E-state index contributed by atoms with van der Waals surface area (Å²) in [6, 6.07) is 10.00. The lowest BCUT2D eigenvalue weighted by molar-refractivity contribution is -0.132. The zero-order valence-electron chi connectivity index (χ0n) is 12.6. The molecule has 0 radical (unpaired) electrons. The number of nitrogens with zero attached hydrogens (tertiary/aromatic N) is 3. The van der Waals surface area contributed by atoms with Gasteiger partial charge in [-0.25, -0.2) is 4.68 Å². The number of amides is 1.